The summed E-state index contributed by atoms with van der Waals surface area (Å²) in [6.45, 7) is 28.0. The Morgan fingerprint density at radius 3 is 1.30 bits per heavy atom. The van der Waals surface area contributed by atoms with E-state index in [2.05, 4.69) is 328 Å². The van der Waals surface area contributed by atoms with Crippen molar-refractivity contribution >= 4 is 74.3 Å². The first-order chi connectivity index (χ1) is 38.7. The molecule has 13 rings (SSSR count). The SMILES string of the molecule is CC(C)(C)c1ccc(N2c3ccc(C(C)(C)C)cc3B3c4ccc(N(c5ccccc5)c5ccccc5)cc4N(c4ccc5c(c4)C(c4ccccc4)(c4ccccc4)c4cc(C(C)(C)C)ccc4-5)c4cc(C(C)(C)C)cc2c43)cc1. The summed E-state index contributed by atoms with van der Waals surface area (Å²) in [7, 11) is 0. The van der Waals surface area contributed by atoms with Crippen LogP contribution < -0.4 is 31.1 Å². The van der Waals surface area contributed by atoms with Gasteiger partial charge >= 0.3 is 0 Å². The zero-order valence-electron chi connectivity index (χ0n) is 49.4. The molecule has 2 heterocycles. The molecule has 0 aromatic heterocycles. The summed E-state index contributed by atoms with van der Waals surface area (Å²) in [5.41, 5.74) is 26.4. The van der Waals surface area contributed by atoms with Gasteiger partial charge in [0.15, 0.2) is 0 Å². The van der Waals surface area contributed by atoms with Crippen molar-refractivity contribution in [2.45, 2.75) is 110 Å². The molecule has 1 aliphatic carbocycles. The second kappa shape index (κ2) is 18.9. The van der Waals surface area contributed by atoms with Crippen molar-refractivity contribution in [2.24, 2.45) is 0 Å². The molecular weight excluding hydrogens is 978 g/mol. The Bertz CT molecular complexity index is 3940. The second-order valence-electron chi connectivity index (χ2n) is 27.1. The van der Waals surface area contributed by atoms with E-state index in [0.717, 1.165) is 28.4 Å². The van der Waals surface area contributed by atoms with Crippen molar-refractivity contribution in [3.8, 4) is 11.1 Å². The van der Waals surface area contributed by atoms with Gasteiger partial charge in [-0.15, -0.1) is 0 Å². The van der Waals surface area contributed by atoms with E-state index >= 15 is 0 Å². The van der Waals surface area contributed by atoms with Crippen molar-refractivity contribution in [1.82, 2.24) is 0 Å². The van der Waals surface area contributed by atoms with Crippen LogP contribution in [-0.4, -0.2) is 6.71 Å². The van der Waals surface area contributed by atoms with E-state index in [1.165, 1.54) is 94.8 Å². The molecule has 4 heteroatoms. The molecule has 0 fully saturated rings. The van der Waals surface area contributed by atoms with Crippen molar-refractivity contribution in [2.75, 3.05) is 14.7 Å². The first kappa shape index (κ1) is 52.1. The fourth-order valence-electron chi connectivity index (χ4n) is 13.4. The van der Waals surface area contributed by atoms with Gasteiger partial charge in [0.2, 0.25) is 0 Å². The standard InChI is InChI=1S/C77H74BN3/c1-73(2,3)51-33-37-59(38-34-51)80-68-44-36-55(75(7,8)9)46-67(68)78-66-43-40-61(79(57-29-21-15-22-30-57)58-31-23-16-24-32-58)50-69(66)81(71-48-56(76(10,11)12)47-70(80)72(71)78)60-39-42-63-62-41-35-54(74(4,5)6)45-64(62)77(65(63)49-60,52-25-17-13-18-26-52)53-27-19-14-20-28-53/h13-50H,1-12H3. The topological polar surface area (TPSA) is 9.72 Å². The van der Waals surface area contributed by atoms with E-state index in [0.29, 0.717) is 0 Å². The van der Waals surface area contributed by atoms with Gasteiger partial charge in [-0.2, -0.15) is 0 Å². The summed E-state index contributed by atoms with van der Waals surface area (Å²) in [4.78, 5) is 7.66. The molecule has 2 aliphatic heterocycles. The molecule has 0 saturated carbocycles. The number of hydrogen-bond acceptors (Lipinski definition) is 3. The molecule has 400 valence electrons. The first-order valence-corrected chi connectivity index (χ1v) is 29.2. The summed E-state index contributed by atoms with van der Waals surface area (Å²) in [5.74, 6) is 0. The van der Waals surface area contributed by atoms with E-state index in [1.54, 1.807) is 0 Å². The van der Waals surface area contributed by atoms with E-state index in [9.17, 15) is 0 Å². The Morgan fingerprint density at radius 1 is 0.321 bits per heavy atom. The van der Waals surface area contributed by atoms with Gasteiger partial charge in [0.1, 0.15) is 0 Å². The van der Waals surface area contributed by atoms with E-state index < -0.39 is 5.41 Å². The number of para-hydroxylation sites is 2. The zero-order valence-corrected chi connectivity index (χ0v) is 49.4. The predicted molar refractivity (Wildman–Crippen MR) is 347 cm³/mol. The lowest BCUT2D eigenvalue weighted by Gasteiger charge is -2.46. The molecule has 0 bridgehead atoms. The lowest BCUT2D eigenvalue weighted by molar-refractivity contribution is 0.588. The third-order valence-corrected chi connectivity index (χ3v) is 17.7. The Balaban J connectivity index is 1.15. The second-order valence-corrected chi connectivity index (χ2v) is 27.1. The summed E-state index contributed by atoms with van der Waals surface area (Å²) in [6.07, 6.45) is 0. The van der Waals surface area contributed by atoms with Crippen LogP contribution in [0.5, 0.6) is 0 Å². The molecule has 0 saturated heterocycles. The first-order valence-electron chi connectivity index (χ1n) is 29.2. The predicted octanol–water partition coefficient (Wildman–Crippen LogP) is 18.8. The van der Waals surface area contributed by atoms with Crippen molar-refractivity contribution in [3.05, 3.63) is 275 Å². The van der Waals surface area contributed by atoms with Crippen molar-refractivity contribution in [3.63, 3.8) is 0 Å². The minimum atomic E-state index is -0.615. The normalized spacial score (nSPS) is 14.2. The molecule has 81 heavy (non-hydrogen) atoms. The smallest absolute Gasteiger partial charge is 0.252 e. The molecule has 10 aromatic rings. The molecule has 0 unspecified atom stereocenters. The van der Waals surface area contributed by atoms with E-state index in [-0.39, 0.29) is 28.4 Å². The zero-order chi connectivity index (χ0) is 56.4. The van der Waals surface area contributed by atoms with Crippen molar-refractivity contribution < 1.29 is 0 Å². The van der Waals surface area contributed by atoms with Crippen LogP contribution in [0.1, 0.15) is 128 Å². The van der Waals surface area contributed by atoms with Crippen LogP contribution in [0.4, 0.5) is 51.2 Å². The van der Waals surface area contributed by atoms with Gasteiger partial charge < -0.3 is 14.7 Å². The highest BCUT2D eigenvalue weighted by Crippen LogP contribution is 2.59. The highest BCUT2D eigenvalue weighted by molar-refractivity contribution is 7.00. The summed E-state index contributed by atoms with van der Waals surface area (Å²) in [6, 6.07) is 88.2. The minimum absolute atomic E-state index is 0.0146. The number of benzene rings is 10. The van der Waals surface area contributed by atoms with Gasteiger partial charge in [0.05, 0.1) is 5.41 Å². The van der Waals surface area contributed by atoms with Gasteiger partial charge in [-0.1, -0.05) is 235 Å². The quantitative estimate of drug-likeness (QED) is 0.147. The molecule has 10 aromatic carbocycles. The minimum Gasteiger partial charge on any atom is -0.311 e. The maximum atomic E-state index is 2.65. The molecule has 0 atom stereocenters. The third kappa shape index (κ3) is 8.55. The molecular formula is C77H74BN3. The number of rotatable bonds is 7. The fourth-order valence-corrected chi connectivity index (χ4v) is 13.4. The summed E-state index contributed by atoms with van der Waals surface area (Å²) in [5, 5.41) is 0. The van der Waals surface area contributed by atoms with Crippen LogP contribution in [0.2, 0.25) is 0 Å². The number of nitrogens with zero attached hydrogens (tertiary/aromatic N) is 3. The fraction of sp³-hybridized carbons (Fsp3) is 0.221. The third-order valence-electron chi connectivity index (χ3n) is 17.7. The highest BCUT2D eigenvalue weighted by atomic mass is 15.2. The van der Waals surface area contributed by atoms with E-state index in [1.807, 2.05) is 0 Å². The lowest BCUT2D eigenvalue weighted by atomic mass is 9.33. The Labute approximate surface area is 482 Å². The number of anilines is 9. The van der Waals surface area contributed by atoms with Crippen molar-refractivity contribution in [1.29, 1.82) is 0 Å². The van der Waals surface area contributed by atoms with E-state index in [4.69, 9.17) is 0 Å². The lowest BCUT2D eigenvalue weighted by Crippen LogP contribution is -2.61. The number of hydrogen-bond donors (Lipinski definition) is 0. The Kier molecular flexibility index (Phi) is 12.1. The Hall–Kier alpha value is -8.34. The monoisotopic (exact) mass is 1050 g/mol. The summed E-state index contributed by atoms with van der Waals surface area (Å²) >= 11 is 0. The largest absolute Gasteiger partial charge is 0.311 e. The molecule has 0 amide bonds. The van der Waals surface area contributed by atoms with Gasteiger partial charge in [0, 0.05) is 51.2 Å². The van der Waals surface area contributed by atoms with Crippen LogP contribution in [0.25, 0.3) is 11.1 Å². The average molecular weight is 1050 g/mol. The highest BCUT2D eigenvalue weighted by Gasteiger charge is 2.49. The van der Waals surface area contributed by atoms with Gasteiger partial charge in [-0.3, -0.25) is 0 Å². The van der Waals surface area contributed by atoms with Crippen LogP contribution in [0.3, 0.4) is 0 Å². The van der Waals surface area contributed by atoms with Crippen LogP contribution >= 0.6 is 0 Å². The van der Waals surface area contributed by atoms with Gasteiger partial charge in [-0.05, 0) is 173 Å². The summed E-state index contributed by atoms with van der Waals surface area (Å²) < 4.78 is 0. The molecule has 3 nitrogen and oxygen atoms in total. The Morgan fingerprint density at radius 2 is 0.765 bits per heavy atom. The van der Waals surface area contributed by atoms with Crippen LogP contribution in [0, 0.1) is 0 Å². The molecule has 3 aliphatic rings. The van der Waals surface area contributed by atoms with Crippen LogP contribution in [0.15, 0.2) is 231 Å². The van der Waals surface area contributed by atoms with Gasteiger partial charge in [0.25, 0.3) is 6.71 Å². The van der Waals surface area contributed by atoms with Gasteiger partial charge in [-0.25, -0.2) is 0 Å². The maximum Gasteiger partial charge on any atom is 0.252 e. The van der Waals surface area contributed by atoms with Crippen LogP contribution in [-0.2, 0) is 27.1 Å². The molecule has 0 N–H and O–H groups in total. The number of fused-ring (bicyclic) bond motifs is 7. The molecule has 0 spiro atoms. The maximum absolute atomic E-state index is 2.65. The molecule has 0 radical (unpaired) electrons. The average Bonchev–Trinajstić information content (AvgIpc) is 2.15.